The van der Waals surface area contributed by atoms with Crippen molar-refractivity contribution in [1.29, 1.82) is 0 Å². The molecule has 4 aromatic rings. The normalized spacial score (nSPS) is 25.9. The highest BCUT2D eigenvalue weighted by atomic mass is 16.6. The molecular formula is C37H41N5O9. The number of aliphatic hydroxyl groups excluding tert-OH is 5. The van der Waals surface area contributed by atoms with Gasteiger partial charge < -0.3 is 45.6 Å². The van der Waals surface area contributed by atoms with Crippen LogP contribution >= 0.6 is 0 Å². The van der Waals surface area contributed by atoms with Crippen molar-refractivity contribution in [2.45, 2.75) is 68.7 Å². The Morgan fingerprint density at radius 3 is 2.51 bits per heavy atom. The molecule has 0 saturated carbocycles. The van der Waals surface area contributed by atoms with E-state index in [1.165, 1.54) is 4.90 Å². The van der Waals surface area contributed by atoms with Gasteiger partial charge in [0.2, 0.25) is 0 Å². The molecular weight excluding hydrogens is 658 g/mol. The van der Waals surface area contributed by atoms with Gasteiger partial charge in [0, 0.05) is 29.9 Å². The summed E-state index contributed by atoms with van der Waals surface area (Å²) >= 11 is 0. The topological polar surface area (TPSA) is 211 Å². The number of aryl methyl sites for hydroxylation is 1. The van der Waals surface area contributed by atoms with Gasteiger partial charge in [-0.3, -0.25) is 14.3 Å². The monoisotopic (exact) mass is 699 g/mol. The molecule has 2 aliphatic rings. The highest BCUT2D eigenvalue weighted by Crippen LogP contribution is 2.45. The SMILES string of the molecule is C[C@H](/C=C/CCn1cc(C(CO)c2ccccc2)nn1)[C@@]1(O)C(=O)N(Cc2cccc(NC(=O)[C@H]3O[C@@H](O)[C@H](O)[C@@H](O)[C@@H]3O)c2)c2ccccc21. The molecule has 8 atom stereocenters. The van der Waals surface area contributed by atoms with Crippen molar-refractivity contribution in [3.05, 3.63) is 120 Å². The molecule has 51 heavy (non-hydrogen) atoms. The van der Waals surface area contributed by atoms with Crippen molar-refractivity contribution in [2.75, 3.05) is 16.8 Å². The van der Waals surface area contributed by atoms with Crippen molar-refractivity contribution in [3.63, 3.8) is 0 Å². The Morgan fingerprint density at radius 2 is 1.75 bits per heavy atom. The van der Waals surface area contributed by atoms with Gasteiger partial charge in [-0.1, -0.05) is 85.0 Å². The molecule has 0 spiro atoms. The quantitative estimate of drug-likeness (QED) is 0.104. The summed E-state index contributed by atoms with van der Waals surface area (Å²) in [4.78, 5) is 28.4. The number of aliphatic hydroxyl groups is 6. The van der Waals surface area contributed by atoms with Crippen molar-refractivity contribution < 1.29 is 45.0 Å². The lowest BCUT2D eigenvalue weighted by atomic mass is 9.83. The number of carbonyl (C=O) groups is 2. The van der Waals surface area contributed by atoms with Gasteiger partial charge in [-0.25, -0.2) is 0 Å². The molecule has 3 heterocycles. The van der Waals surface area contributed by atoms with Crippen LogP contribution in [-0.2, 0) is 33.0 Å². The van der Waals surface area contributed by atoms with Crippen molar-refractivity contribution >= 4 is 23.2 Å². The average Bonchev–Trinajstić information content (AvgIpc) is 3.69. The number of para-hydroxylation sites is 1. The zero-order chi connectivity index (χ0) is 36.3. The molecule has 3 aromatic carbocycles. The molecule has 1 unspecified atom stereocenters. The summed E-state index contributed by atoms with van der Waals surface area (Å²) in [5.41, 5.74) is 1.69. The number of rotatable bonds is 12. The molecule has 14 nitrogen and oxygen atoms in total. The summed E-state index contributed by atoms with van der Waals surface area (Å²) in [5, 5.41) is 72.7. The largest absolute Gasteiger partial charge is 0.395 e. The van der Waals surface area contributed by atoms with E-state index in [-0.39, 0.29) is 19.1 Å². The zero-order valence-corrected chi connectivity index (χ0v) is 27.8. The first-order valence-corrected chi connectivity index (χ1v) is 16.7. The fourth-order valence-corrected chi connectivity index (χ4v) is 6.56. The van der Waals surface area contributed by atoms with Gasteiger partial charge >= 0.3 is 0 Å². The van der Waals surface area contributed by atoms with Crippen LogP contribution in [0.1, 0.15) is 41.6 Å². The smallest absolute Gasteiger partial charge is 0.264 e. The number of carbonyl (C=O) groups excluding carboxylic acids is 2. The molecule has 6 rings (SSSR count). The number of hydrogen-bond acceptors (Lipinski definition) is 11. The number of aromatic nitrogens is 3. The van der Waals surface area contributed by atoms with Crippen LogP contribution < -0.4 is 10.2 Å². The molecule has 1 fully saturated rings. The molecule has 0 aliphatic carbocycles. The number of anilines is 2. The van der Waals surface area contributed by atoms with Crippen molar-refractivity contribution in [3.8, 4) is 0 Å². The van der Waals surface area contributed by atoms with Crippen LogP contribution in [-0.4, -0.2) is 94.8 Å². The van der Waals surface area contributed by atoms with Crippen LogP contribution in [0.4, 0.5) is 11.4 Å². The Bertz CT molecular complexity index is 1870. The number of allylic oxidation sites excluding steroid dienone is 1. The third-order valence-corrected chi connectivity index (χ3v) is 9.46. The summed E-state index contributed by atoms with van der Waals surface area (Å²) in [6.07, 6.45) is -2.80. The Hall–Kier alpha value is -4.80. The van der Waals surface area contributed by atoms with E-state index >= 15 is 0 Å². The summed E-state index contributed by atoms with van der Waals surface area (Å²) in [7, 11) is 0. The highest BCUT2D eigenvalue weighted by molar-refractivity contribution is 6.07. The zero-order valence-electron chi connectivity index (χ0n) is 27.8. The standard InChI is InChI=1S/C37H41N5O9/c1-22(10-7-8-17-41-20-28(39-40-41)26(21-43)24-12-3-2-4-13-24)37(50)27-15-5-6-16-29(27)42(36(37)49)19-23-11-9-14-25(18-23)38-34(47)33-31(45)30(44)32(46)35(48)51-33/h2-7,9-16,18,20,22,26,30-33,35,43-46,48,50H,8,17,19,21H2,1H3,(H,38,47)/b10-7+/t22-,26?,30+,31+,32-,33+,35-,37+/m1/s1. The van der Waals surface area contributed by atoms with Gasteiger partial charge in [-0.2, -0.15) is 0 Å². The second kappa shape index (κ2) is 15.2. The van der Waals surface area contributed by atoms with E-state index in [0.29, 0.717) is 41.2 Å². The van der Waals surface area contributed by atoms with E-state index in [9.17, 15) is 40.2 Å². The molecule has 0 radical (unpaired) electrons. The first kappa shape index (κ1) is 36.0. The summed E-state index contributed by atoms with van der Waals surface area (Å²) in [6.45, 7) is 2.24. The summed E-state index contributed by atoms with van der Waals surface area (Å²) in [5.74, 6) is -2.25. The highest BCUT2D eigenvalue weighted by Gasteiger charge is 2.52. The Kier molecular flexibility index (Phi) is 10.7. The second-order valence-electron chi connectivity index (χ2n) is 12.8. The number of nitrogens with one attached hydrogen (secondary N) is 1. The number of amides is 2. The summed E-state index contributed by atoms with van der Waals surface area (Å²) in [6, 6.07) is 23.2. The Balaban J connectivity index is 1.11. The number of ether oxygens (including phenoxy) is 1. The molecule has 1 aromatic heterocycles. The van der Waals surface area contributed by atoms with Crippen molar-refractivity contribution in [2.24, 2.45) is 5.92 Å². The maximum Gasteiger partial charge on any atom is 0.264 e. The molecule has 2 aliphatic heterocycles. The third kappa shape index (κ3) is 7.21. The Morgan fingerprint density at radius 1 is 1.00 bits per heavy atom. The van der Waals surface area contributed by atoms with Gasteiger partial charge in [0.05, 0.1) is 30.5 Å². The van der Waals surface area contributed by atoms with Gasteiger partial charge in [0.1, 0.15) is 18.3 Å². The van der Waals surface area contributed by atoms with Crippen LogP contribution in [0.25, 0.3) is 0 Å². The van der Waals surface area contributed by atoms with Gasteiger partial charge in [-0.05, 0) is 35.7 Å². The minimum Gasteiger partial charge on any atom is -0.395 e. The van der Waals surface area contributed by atoms with E-state index in [1.807, 2.05) is 36.4 Å². The van der Waals surface area contributed by atoms with Crippen LogP contribution in [0, 0.1) is 5.92 Å². The van der Waals surface area contributed by atoms with Crippen LogP contribution in [0.2, 0.25) is 0 Å². The number of hydrogen-bond donors (Lipinski definition) is 7. The van der Waals surface area contributed by atoms with Crippen molar-refractivity contribution in [1.82, 2.24) is 15.0 Å². The Labute approximate surface area is 293 Å². The fraction of sp³-hybridized carbons (Fsp3) is 0.351. The van der Waals surface area contributed by atoms with Gasteiger partial charge in [-0.15, -0.1) is 5.10 Å². The molecule has 268 valence electrons. The van der Waals surface area contributed by atoms with Gasteiger partial charge in [0.25, 0.3) is 11.8 Å². The average molecular weight is 700 g/mol. The van der Waals surface area contributed by atoms with Crippen LogP contribution in [0.5, 0.6) is 0 Å². The van der Waals surface area contributed by atoms with E-state index < -0.39 is 54.0 Å². The molecule has 2 amide bonds. The van der Waals surface area contributed by atoms with E-state index in [2.05, 4.69) is 15.6 Å². The maximum absolute atomic E-state index is 14.0. The minimum atomic E-state index is -1.87. The van der Waals surface area contributed by atoms with E-state index in [1.54, 1.807) is 72.4 Å². The first-order valence-electron chi connectivity index (χ1n) is 16.7. The fourth-order valence-electron chi connectivity index (χ4n) is 6.56. The predicted molar refractivity (Wildman–Crippen MR) is 184 cm³/mol. The van der Waals surface area contributed by atoms with Gasteiger partial charge in [0.15, 0.2) is 18.0 Å². The lowest BCUT2D eigenvalue weighted by Gasteiger charge is -2.37. The first-order chi connectivity index (χ1) is 24.5. The lowest BCUT2D eigenvalue weighted by molar-refractivity contribution is -0.274. The number of benzene rings is 3. The number of fused-ring (bicyclic) bond motifs is 1. The molecule has 14 heteroatoms. The number of nitrogens with zero attached hydrogens (tertiary/aromatic N) is 4. The molecule has 0 bridgehead atoms. The lowest BCUT2D eigenvalue weighted by Crippen LogP contribution is -2.60. The minimum absolute atomic E-state index is 0.0664. The summed E-state index contributed by atoms with van der Waals surface area (Å²) < 4.78 is 6.71. The van der Waals surface area contributed by atoms with E-state index in [4.69, 9.17) is 4.74 Å². The van der Waals surface area contributed by atoms with Crippen LogP contribution in [0.15, 0.2) is 97.2 Å². The molecule has 1 saturated heterocycles. The second-order valence-corrected chi connectivity index (χ2v) is 12.8. The molecule has 7 N–H and O–H groups in total. The maximum atomic E-state index is 14.0. The van der Waals surface area contributed by atoms with E-state index in [0.717, 1.165) is 5.56 Å². The third-order valence-electron chi connectivity index (χ3n) is 9.46. The van der Waals surface area contributed by atoms with Crippen LogP contribution in [0.3, 0.4) is 0 Å². The predicted octanol–water partition coefficient (Wildman–Crippen LogP) is 1.16.